The average Bonchev–Trinajstić information content (AvgIpc) is 2.68. The number of benzene rings is 1. The second-order valence-electron chi connectivity index (χ2n) is 5.12. The Morgan fingerprint density at radius 3 is 2.62 bits per heavy atom. The first-order valence-corrected chi connectivity index (χ1v) is 8.39. The lowest BCUT2D eigenvalue weighted by Gasteiger charge is -2.18. The fourth-order valence-corrected chi connectivity index (χ4v) is 3.17. The lowest BCUT2D eigenvalue weighted by Crippen LogP contribution is -2.29. The van der Waals surface area contributed by atoms with E-state index in [4.69, 9.17) is 9.47 Å². The summed E-state index contributed by atoms with van der Waals surface area (Å²) in [5.41, 5.74) is 0. The van der Waals surface area contributed by atoms with Crippen molar-refractivity contribution in [2.24, 2.45) is 0 Å². The zero-order valence-corrected chi connectivity index (χ0v) is 13.1. The first-order valence-electron chi connectivity index (χ1n) is 6.95. The van der Waals surface area contributed by atoms with Crippen LogP contribution < -0.4 is 9.47 Å². The number of ether oxygens (including phenoxy) is 2. The molecule has 21 heavy (non-hydrogen) atoms. The molecule has 1 aliphatic rings. The number of aliphatic hydroxyl groups excluding tert-OH is 1. The molecule has 1 aromatic rings. The number of hydrogen-bond acceptors (Lipinski definition) is 5. The summed E-state index contributed by atoms with van der Waals surface area (Å²) in [4.78, 5) is 0.167. The molecule has 1 heterocycles. The Hall–Kier alpha value is -1.31. The van der Waals surface area contributed by atoms with Crippen LogP contribution in [-0.2, 0) is 10.0 Å². The molecule has 6 nitrogen and oxygen atoms in total. The molecule has 0 amide bonds. The SMILES string of the molecule is CC(O)CCN(C)S(=O)(=O)c1ccc2c(c1)OCCCO2. The van der Waals surface area contributed by atoms with E-state index in [2.05, 4.69) is 0 Å². The van der Waals surface area contributed by atoms with Gasteiger partial charge in [-0.3, -0.25) is 0 Å². The molecular weight excluding hydrogens is 294 g/mol. The van der Waals surface area contributed by atoms with E-state index in [1.54, 1.807) is 13.0 Å². The molecule has 0 aromatic heterocycles. The Morgan fingerprint density at radius 2 is 1.95 bits per heavy atom. The van der Waals surface area contributed by atoms with E-state index in [1.165, 1.54) is 23.5 Å². The second kappa shape index (κ2) is 6.64. The maximum absolute atomic E-state index is 12.5. The van der Waals surface area contributed by atoms with Crippen molar-refractivity contribution in [3.8, 4) is 11.5 Å². The van der Waals surface area contributed by atoms with Gasteiger partial charge in [-0.15, -0.1) is 0 Å². The van der Waals surface area contributed by atoms with Gasteiger partial charge in [0.2, 0.25) is 10.0 Å². The highest BCUT2D eigenvalue weighted by molar-refractivity contribution is 7.89. The topological polar surface area (TPSA) is 76.1 Å². The first-order chi connectivity index (χ1) is 9.91. The van der Waals surface area contributed by atoms with Gasteiger partial charge in [-0.05, 0) is 25.5 Å². The molecule has 0 saturated heterocycles. The predicted octanol–water partition coefficient (Wildman–Crippen LogP) is 1.24. The number of nitrogens with zero attached hydrogens (tertiary/aromatic N) is 1. The molecule has 0 saturated carbocycles. The van der Waals surface area contributed by atoms with E-state index in [-0.39, 0.29) is 11.4 Å². The number of hydrogen-bond donors (Lipinski definition) is 1. The average molecular weight is 315 g/mol. The molecule has 2 rings (SSSR count). The molecule has 1 aromatic carbocycles. The molecule has 0 radical (unpaired) electrons. The van der Waals surface area contributed by atoms with Crippen LogP contribution >= 0.6 is 0 Å². The molecule has 0 bridgehead atoms. The number of aliphatic hydroxyl groups is 1. The van der Waals surface area contributed by atoms with Crippen LogP contribution in [0.3, 0.4) is 0 Å². The Morgan fingerprint density at radius 1 is 1.29 bits per heavy atom. The zero-order valence-electron chi connectivity index (χ0n) is 12.3. The molecule has 1 N–H and O–H groups in total. The quantitative estimate of drug-likeness (QED) is 0.885. The second-order valence-corrected chi connectivity index (χ2v) is 7.17. The highest BCUT2D eigenvalue weighted by Gasteiger charge is 2.23. The minimum atomic E-state index is -3.59. The van der Waals surface area contributed by atoms with Crippen LogP contribution in [0.2, 0.25) is 0 Å². The van der Waals surface area contributed by atoms with Crippen LogP contribution in [0.25, 0.3) is 0 Å². The minimum Gasteiger partial charge on any atom is -0.490 e. The Bertz CT molecular complexity index is 585. The fourth-order valence-electron chi connectivity index (χ4n) is 1.97. The maximum atomic E-state index is 12.5. The highest BCUT2D eigenvalue weighted by Crippen LogP contribution is 2.32. The summed E-state index contributed by atoms with van der Waals surface area (Å²) in [6.45, 7) is 2.96. The number of rotatable bonds is 5. The van der Waals surface area contributed by atoms with Gasteiger partial charge in [0.15, 0.2) is 11.5 Å². The largest absolute Gasteiger partial charge is 0.490 e. The van der Waals surface area contributed by atoms with Crippen LogP contribution in [0.4, 0.5) is 0 Å². The summed E-state index contributed by atoms with van der Waals surface area (Å²) < 4.78 is 37.2. The standard InChI is InChI=1S/C14H21NO5S/c1-11(16)6-7-15(2)21(17,18)12-4-5-13-14(10-12)20-9-3-8-19-13/h4-5,10-11,16H,3,6-9H2,1-2H3. The molecule has 0 aliphatic carbocycles. The van der Waals surface area contributed by atoms with Gasteiger partial charge in [-0.1, -0.05) is 0 Å². The van der Waals surface area contributed by atoms with Crippen LogP contribution in [-0.4, -0.2) is 50.7 Å². The summed E-state index contributed by atoms with van der Waals surface area (Å²) in [6, 6.07) is 4.63. The molecular formula is C14H21NO5S. The molecule has 0 fully saturated rings. The van der Waals surface area contributed by atoms with Gasteiger partial charge in [0.1, 0.15) is 0 Å². The Kier molecular flexibility index (Phi) is 5.08. The van der Waals surface area contributed by atoms with Gasteiger partial charge in [0.25, 0.3) is 0 Å². The third kappa shape index (κ3) is 3.87. The van der Waals surface area contributed by atoms with Crippen LogP contribution in [0, 0.1) is 0 Å². The van der Waals surface area contributed by atoms with Gasteiger partial charge in [-0.25, -0.2) is 12.7 Å². The van der Waals surface area contributed by atoms with Gasteiger partial charge in [-0.2, -0.15) is 0 Å². The summed E-state index contributed by atoms with van der Waals surface area (Å²) in [5, 5.41) is 9.27. The van der Waals surface area contributed by atoms with E-state index in [0.717, 1.165) is 6.42 Å². The third-order valence-electron chi connectivity index (χ3n) is 3.29. The van der Waals surface area contributed by atoms with Gasteiger partial charge < -0.3 is 14.6 Å². The van der Waals surface area contributed by atoms with Crippen molar-refractivity contribution in [1.29, 1.82) is 0 Å². The van der Waals surface area contributed by atoms with E-state index in [9.17, 15) is 13.5 Å². The molecule has 1 unspecified atom stereocenters. The van der Waals surface area contributed by atoms with E-state index < -0.39 is 16.1 Å². The predicted molar refractivity (Wildman–Crippen MR) is 78.2 cm³/mol. The van der Waals surface area contributed by atoms with Crippen LogP contribution in [0.1, 0.15) is 19.8 Å². The summed E-state index contributed by atoms with van der Waals surface area (Å²) in [6.07, 6.45) is 0.622. The molecule has 7 heteroatoms. The zero-order chi connectivity index (χ0) is 15.5. The van der Waals surface area contributed by atoms with Crippen molar-refractivity contribution < 1.29 is 23.0 Å². The van der Waals surface area contributed by atoms with Crippen LogP contribution in [0.5, 0.6) is 11.5 Å². The fraction of sp³-hybridized carbons (Fsp3) is 0.571. The number of sulfonamides is 1. The van der Waals surface area contributed by atoms with E-state index >= 15 is 0 Å². The summed E-state index contributed by atoms with van der Waals surface area (Å²) in [5.74, 6) is 1.02. The van der Waals surface area contributed by atoms with Crippen molar-refractivity contribution in [2.45, 2.75) is 30.8 Å². The normalized spacial score (nSPS) is 16.6. The Labute approximate surface area is 125 Å². The van der Waals surface area contributed by atoms with Gasteiger partial charge in [0.05, 0.1) is 24.2 Å². The molecule has 1 atom stereocenters. The minimum absolute atomic E-state index is 0.167. The monoisotopic (exact) mass is 315 g/mol. The van der Waals surface area contributed by atoms with Crippen molar-refractivity contribution in [2.75, 3.05) is 26.8 Å². The number of fused-ring (bicyclic) bond motifs is 1. The van der Waals surface area contributed by atoms with E-state index in [1.807, 2.05) is 0 Å². The third-order valence-corrected chi connectivity index (χ3v) is 5.14. The lowest BCUT2D eigenvalue weighted by molar-refractivity contribution is 0.177. The van der Waals surface area contributed by atoms with Crippen molar-refractivity contribution in [1.82, 2.24) is 4.31 Å². The van der Waals surface area contributed by atoms with Crippen LogP contribution in [0.15, 0.2) is 23.1 Å². The smallest absolute Gasteiger partial charge is 0.242 e. The molecule has 0 spiro atoms. The summed E-state index contributed by atoms with van der Waals surface area (Å²) in [7, 11) is -2.09. The van der Waals surface area contributed by atoms with Crippen molar-refractivity contribution in [3.63, 3.8) is 0 Å². The molecule has 118 valence electrons. The van der Waals surface area contributed by atoms with Crippen molar-refractivity contribution >= 4 is 10.0 Å². The lowest BCUT2D eigenvalue weighted by atomic mass is 10.3. The van der Waals surface area contributed by atoms with E-state index in [0.29, 0.717) is 31.1 Å². The summed E-state index contributed by atoms with van der Waals surface area (Å²) >= 11 is 0. The van der Waals surface area contributed by atoms with Gasteiger partial charge >= 0.3 is 0 Å². The molecule has 1 aliphatic heterocycles. The maximum Gasteiger partial charge on any atom is 0.242 e. The van der Waals surface area contributed by atoms with Gasteiger partial charge in [0, 0.05) is 26.1 Å². The van der Waals surface area contributed by atoms with Crippen molar-refractivity contribution in [3.05, 3.63) is 18.2 Å². The highest BCUT2D eigenvalue weighted by atomic mass is 32.2. The Balaban J connectivity index is 2.22. The first kappa shape index (κ1) is 16.1.